The van der Waals surface area contributed by atoms with E-state index in [9.17, 15) is 4.79 Å². The number of carbonyl (C=O) groups excluding carboxylic acids is 1. The van der Waals surface area contributed by atoms with Crippen molar-refractivity contribution in [2.45, 2.75) is 13.8 Å². The predicted octanol–water partition coefficient (Wildman–Crippen LogP) is 1.99. The first-order chi connectivity index (χ1) is 9.04. The number of nitrogens with two attached hydrogens (primary N) is 1. The van der Waals surface area contributed by atoms with E-state index in [1.54, 1.807) is 19.1 Å². The van der Waals surface area contributed by atoms with Gasteiger partial charge in [0.2, 0.25) is 5.69 Å². The van der Waals surface area contributed by atoms with Crippen LogP contribution in [0.15, 0.2) is 18.2 Å². The SMILES string of the molecule is CCOC(=O)c1nnn(-c2cc(Cl)ccc2C)c1N. The highest BCUT2D eigenvalue weighted by molar-refractivity contribution is 6.30. The number of hydrogen-bond acceptors (Lipinski definition) is 5. The summed E-state index contributed by atoms with van der Waals surface area (Å²) in [7, 11) is 0. The fourth-order valence-electron chi connectivity index (χ4n) is 1.62. The number of aromatic nitrogens is 3. The van der Waals surface area contributed by atoms with E-state index >= 15 is 0 Å². The summed E-state index contributed by atoms with van der Waals surface area (Å²) < 4.78 is 6.22. The Balaban J connectivity index is 2.47. The van der Waals surface area contributed by atoms with Crippen molar-refractivity contribution in [1.82, 2.24) is 15.0 Å². The predicted molar refractivity (Wildman–Crippen MR) is 71.5 cm³/mol. The number of nitrogen functional groups attached to an aromatic ring is 1. The number of anilines is 1. The topological polar surface area (TPSA) is 83.0 Å². The third-order valence-electron chi connectivity index (χ3n) is 2.57. The minimum absolute atomic E-state index is 0.00113. The van der Waals surface area contributed by atoms with Crippen LogP contribution in [0.25, 0.3) is 5.69 Å². The average molecular weight is 281 g/mol. The fraction of sp³-hybridized carbons (Fsp3) is 0.250. The van der Waals surface area contributed by atoms with E-state index < -0.39 is 5.97 Å². The third kappa shape index (κ3) is 2.53. The Labute approximate surface area is 115 Å². The van der Waals surface area contributed by atoms with Crippen molar-refractivity contribution in [3.05, 3.63) is 34.5 Å². The quantitative estimate of drug-likeness (QED) is 0.869. The molecule has 0 aliphatic rings. The molecule has 100 valence electrons. The summed E-state index contributed by atoms with van der Waals surface area (Å²) in [5, 5.41) is 8.17. The van der Waals surface area contributed by atoms with Crippen LogP contribution in [0.3, 0.4) is 0 Å². The molecule has 0 amide bonds. The molecular formula is C12H13ClN4O2. The molecule has 0 saturated heterocycles. The molecule has 0 aliphatic heterocycles. The van der Waals surface area contributed by atoms with Gasteiger partial charge in [0.25, 0.3) is 0 Å². The minimum Gasteiger partial charge on any atom is -0.461 e. The van der Waals surface area contributed by atoms with Gasteiger partial charge in [-0.2, -0.15) is 4.68 Å². The highest BCUT2D eigenvalue weighted by Crippen LogP contribution is 2.22. The largest absolute Gasteiger partial charge is 0.461 e. The molecule has 7 heteroatoms. The highest BCUT2D eigenvalue weighted by Gasteiger charge is 2.20. The van der Waals surface area contributed by atoms with E-state index in [1.165, 1.54) is 4.68 Å². The van der Waals surface area contributed by atoms with Gasteiger partial charge in [-0.3, -0.25) is 0 Å². The molecule has 0 radical (unpaired) electrons. The number of hydrogen-bond donors (Lipinski definition) is 1. The van der Waals surface area contributed by atoms with Gasteiger partial charge in [-0.05, 0) is 31.5 Å². The minimum atomic E-state index is -0.592. The molecule has 0 atom stereocenters. The highest BCUT2D eigenvalue weighted by atomic mass is 35.5. The van der Waals surface area contributed by atoms with E-state index in [0.717, 1.165) is 5.56 Å². The Hall–Kier alpha value is -2.08. The molecule has 0 aliphatic carbocycles. The van der Waals surface area contributed by atoms with E-state index in [2.05, 4.69) is 10.3 Å². The Bertz CT molecular complexity index is 624. The van der Waals surface area contributed by atoms with Crippen LogP contribution in [0.5, 0.6) is 0 Å². The van der Waals surface area contributed by atoms with Crippen molar-refractivity contribution in [1.29, 1.82) is 0 Å². The van der Waals surface area contributed by atoms with Crippen molar-refractivity contribution in [2.24, 2.45) is 0 Å². The average Bonchev–Trinajstić information content (AvgIpc) is 2.74. The fourth-order valence-corrected chi connectivity index (χ4v) is 1.79. The molecule has 0 unspecified atom stereocenters. The van der Waals surface area contributed by atoms with Crippen LogP contribution in [0.1, 0.15) is 23.0 Å². The van der Waals surface area contributed by atoms with Crippen LogP contribution in [0.4, 0.5) is 5.82 Å². The maximum absolute atomic E-state index is 11.6. The second kappa shape index (κ2) is 5.27. The van der Waals surface area contributed by atoms with Gasteiger partial charge in [-0.1, -0.05) is 22.9 Å². The lowest BCUT2D eigenvalue weighted by Gasteiger charge is -2.07. The van der Waals surface area contributed by atoms with Gasteiger partial charge in [0.15, 0.2) is 5.82 Å². The Morgan fingerprint density at radius 1 is 1.53 bits per heavy atom. The third-order valence-corrected chi connectivity index (χ3v) is 2.81. The number of nitrogens with zero attached hydrogens (tertiary/aromatic N) is 3. The van der Waals surface area contributed by atoms with Crippen LogP contribution in [0, 0.1) is 6.92 Å². The summed E-state index contributed by atoms with van der Waals surface area (Å²) in [6, 6.07) is 5.31. The van der Waals surface area contributed by atoms with Crippen molar-refractivity contribution in [2.75, 3.05) is 12.3 Å². The van der Waals surface area contributed by atoms with Crippen LogP contribution in [0.2, 0.25) is 5.02 Å². The van der Waals surface area contributed by atoms with Gasteiger partial charge in [0.1, 0.15) is 0 Å². The standard InChI is InChI=1S/C12H13ClN4O2/c1-3-19-12(18)10-11(14)17(16-15-10)9-6-8(13)5-4-7(9)2/h4-6H,3,14H2,1-2H3. The molecule has 1 heterocycles. The van der Waals surface area contributed by atoms with Gasteiger partial charge in [-0.25, -0.2) is 4.79 Å². The molecule has 2 rings (SSSR count). The zero-order chi connectivity index (χ0) is 14.0. The molecule has 0 saturated carbocycles. The summed E-state index contributed by atoms with van der Waals surface area (Å²) in [6.45, 7) is 3.85. The number of ether oxygens (including phenoxy) is 1. The molecular weight excluding hydrogens is 268 g/mol. The maximum atomic E-state index is 11.6. The maximum Gasteiger partial charge on any atom is 0.362 e. The lowest BCUT2D eigenvalue weighted by Crippen LogP contribution is -2.10. The van der Waals surface area contributed by atoms with E-state index in [4.69, 9.17) is 22.1 Å². The second-order valence-corrected chi connectivity index (χ2v) is 4.32. The van der Waals surface area contributed by atoms with Crippen LogP contribution >= 0.6 is 11.6 Å². The lowest BCUT2D eigenvalue weighted by atomic mass is 10.2. The zero-order valence-corrected chi connectivity index (χ0v) is 11.3. The lowest BCUT2D eigenvalue weighted by molar-refractivity contribution is 0.0520. The summed E-state index contributed by atoms with van der Waals surface area (Å²) in [5.74, 6) is -0.463. The number of rotatable bonds is 3. The monoisotopic (exact) mass is 280 g/mol. The smallest absolute Gasteiger partial charge is 0.362 e. The molecule has 1 aromatic heterocycles. The summed E-state index contributed by atoms with van der Waals surface area (Å²) in [5.41, 5.74) is 7.47. The number of aryl methyl sites for hydroxylation is 1. The van der Waals surface area contributed by atoms with Crippen molar-refractivity contribution in [3.63, 3.8) is 0 Å². The Morgan fingerprint density at radius 3 is 2.95 bits per heavy atom. The zero-order valence-electron chi connectivity index (χ0n) is 10.6. The van der Waals surface area contributed by atoms with Crippen molar-refractivity contribution < 1.29 is 9.53 Å². The molecule has 2 aromatic rings. The van der Waals surface area contributed by atoms with E-state index in [1.807, 2.05) is 13.0 Å². The van der Waals surface area contributed by atoms with E-state index in [0.29, 0.717) is 10.7 Å². The number of benzene rings is 1. The molecule has 0 bridgehead atoms. The van der Waals surface area contributed by atoms with Crippen LogP contribution in [-0.4, -0.2) is 27.6 Å². The first-order valence-corrected chi connectivity index (χ1v) is 6.07. The van der Waals surface area contributed by atoms with Crippen LogP contribution in [-0.2, 0) is 4.74 Å². The van der Waals surface area contributed by atoms with Gasteiger partial charge in [-0.15, -0.1) is 5.10 Å². The molecule has 1 aromatic carbocycles. The van der Waals surface area contributed by atoms with Gasteiger partial charge < -0.3 is 10.5 Å². The number of halogens is 1. The van der Waals surface area contributed by atoms with Gasteiger partial charge in [0.05, 0.1) is 12.3 Å². The van der Waals surface area contributed by atoms with Crippen molar-refractivity contribution >= 4 is 23.4 Å². The normalized spacial score (nSPS) is 10.5. The molecule has 0 fully saturated rings. The Morgan fingerprint density at radius 2 is 2.26 bits per heavy atom. The number of carbonyl (C=O) groups is 1. The molecule has 2 N–H and O–H groups in total. The Kier molecular flexibility index (Phi) is 3.71. The molecule has 19 heavy (non-hydrogen) atoms. The van der Waals surface area contributed by atoms with Crippen molar-refractivity contribution in [3.8, 4) is 5.69 Å². The van der Waals surface area contributed by atoms with Crippen LogP contribution < -0.4 is 5.73 Å². The summed E-state index contributed by atoms with van der Waals surface area (Å²) >= 11 is 5.94. The molecule has 6 nitrogen and oxygen atoms in total. The first-order valence-electron chi connectivity index (χ1n) is 5.69. The second-order valence-electron chi connectivity index (χ2n) is 3.89. The van der Waals surface area contributed by atoms with E-state index in [-0.39, 0.29) is 18.1 Å². The molecule has 0 spiro atoms. The van der Waals surface area contributed by atoms with Gasteiger partial charge >= 0.3 is 5.97 Å². The number of esters is 1. The summed E-state index contributed by atoms with van der Waals surface area (Å²) in [4.78, 5) is 11.6. The van der Waals surface area contributed by atoms with Gasteiger partial charge in [0, 0.05) is 5.02 Å². The first kappa shape index (κ1) is 13.4. The summed E-state index contributed by atoms with van der Waals surface area (Å²) in [6.07, 6.45) is 0.